The summed E-state index contributed by atoms with van der Waals surface area (Å²) in [7, 11) is 0. The van der Waals surface area contributed by atoms with Crippen LogP contribution in [0.25, 0.3) is 0 Å². The molecule has 0 N–H and O–H groups in total. The number of carbonyl (C=O) groups is 1. The lowest BCUT2D eigenvalue weighted by Crippen LogP contribution is -1.98. The summed E-state index contributed by atoms with van der Waals surface area (Å²) in [5, 5.41) is 0. The molecule has 0 aromatic carbocycles. The molecule has 2 nitrogen and oxygen atoms in total. The van der Waals surface area contributed by atoms with E-state index in [1.807, 2.05) is 13.1 Å². The van der Waals surface area contributed by atoms with E-state index in [4.69, 9.17) is 0 Å². The van der Waals surface area contributed by atoms with Gasteiger partial charge in [0.25, 0.3) is 0 Å². The number of aromatic nitrogens is 1. The number of ketones is 1. The fraction of sp³-hybridized carbons (Fsp3) is 0.500. The maximum atomic E-state index is 11.8. The Labute approximate surface area is 97.0 Å². The van der Waals surface area contributed by atoms with Crippen LogP contribution in [-0.4, -0.2) is 10.4 Å². The Kier molecular flexibility index (Phi) is 3.28. The number of carbonyl (C=O) groups excluding carboxylic acids is 1. The van der Waals surface area contributed by atoms with Crippen LogP contribution in [-0.2, 0) is 13.0 Å². The minimum atomic E-state index is 0.321. The molecule has 1 aromatic rings. The van der Waals surface area contributed by atoms with Gasteiger partial charge in [0, 0.05) is 30.9 Å². The van der Waals surface area contributed by atoms with Crippen LogP contribution in [0.4, 0.5) is 0 Å². The molecule has 0 saturated heterocycles. The fourth-order valence-corrected chi connectivity index (χ4v) is 2.19. The third-order valence-electron chi connectivity index (χ3n) is 3.16. The Hall–Kier alpha value is -1.31. The number of hydrogen-bond acceptors (Lipinski definition) is 1. The number of rotatable bonds is 3. The molecule has 0 fully saturated rings. The van der Waals surface area contributed by atoms with Gasteiger partial charge in [-0.15, -0.1) is 6.58 Å². The molecule has 0 aliphatic heterocycles. The lowest BCUT2D eigenvalue weighted by molar-refractivity contribution is 0.0982. The summed E-state index contributed by atoms with van der Waals surface area (Å²) in [6.07, 6.45) is 9.11. The molecule has 2 heteroatoms. The van der Waals surface area contributed by atoms with Crippen LogP contribution < -0.4 is 0 Å². The maximum Gasteiger partial charge on any atom is 0.164 e. The van der Waals surface area contributed by atoms with E-state index in [1.54, 1.807) is 0 Å². The van der Waals surface area contributed by atoms with Crippen molar-refractivity contribution in [2.45, 2.75) is 45.6 Å². The molecule has 0 atom stereocenters. The first-order chi connectivity index (χ1) is 7.66. The Morgan fingerprint density at radius 3 is 2.88 bits per heavy atom. The molecule has 1 heterocycles. The third-order valence-corrected chi connectivity index (χ3v) is 3.16. The smallest absolute Gasteiger partial charge is 0.164 e. The van der Waals surface area contributed by atoms with E-state index in [1.165, 1.54) is 11.1 Å². The SMILES string of the molecule is C=C(C)CCn1cc2c(c1)C(=O)CCCC2. The molecule has 0 saturated carbocycles. The van der Waals surface area contributed by atoms with Gasteiger partial charge >= 0.3 is 0 Å². The van der Waals surface area contributed by atoms with E-state index in [2.05, 4.69) is 17.3 Å². The summed E-state index contributed by atoms with van der Waals surface area (Å²) in [6.45, 7) is 6.88. The number of aryl methyl sites for hydroxylation is 2. The predicted molar refractivity (Wildman–Crippen MR) is 65.7 cm³/mol. The summed E-state index contributed by atoms with van der Waals surface area (Å²) >= 11 is 0. The average Bonchev–Trinajstić information content (AvgIpc) is 2.57. The van der Waals surface area contributed by atoms with Crippen molar-refractivity contribution >= 4 is 5.78 Å². The largest absolute Gasteiger partial charge is 0.353 e. The minimum Gasteiger partial charge on any atom is -0.353 e. The Morgan fingerprint density at radius 2 is 2.12 bits per heavy atom. The van der Waals surface area contributed by atoms with Gasteiger partial charge in [-0.05, 0) is 38.2 Å². The van der Waals surface area contributed by atoms with Crippen LogP contribution >= 0.6 is 0 Å². The van der Waals surface area contributed by atoms with E-state index in [0.29, 0.717) is 5.78 Å². The van der Waals surface area contributed by atoms with Crippen molar-refractivity contribution in [3.63, 3.8) is 0 Å². The predicted octanol–water partition coefficient (Wildman–Crippen LogP) is 3.36. The average molecular weight is 217 g/mol. The van der Waals surface area contributed by atoms with E-state index in [9.17, 15) is 4.79 Å². The van der Waals surface area contributed by atoms with Crippen LogP contribution in [0.3, 0.4) is 0 Å². The van der Waals surface area contributed by atoms with Crippen LogP contribution in [0.1, 0.15) is 48.5 Å². The van der Waals surface area contributed by atoms with Gasteiger partial charge in [0.15, 0.2) is 5.78 Å². The molecule has 0 bridgehead atoms. The number of hydrogen-bond donors (Lipinski definition) is 0. The van der Waals surface area contributed by atoms with Gasteiger partial charge in [0.2, 0.25) is 0 Å². The van der Waals surface area contributed by atoms with Gasteiger partial charge < -0.3 is 4.57 Å². The van der Waals surface area contributed by atoms with Crippen molar-refractivity contribution in [2.75, 3.05) is 0 Å². The normalized spacial score (nSPS) is 15.7. The summed E-state index contributed by atoms with van der Waals surface area (Å²) < 4.78 is 2.14. The van der Waals surface area contributed by atoms with E-state index in [0.717, 1.165) is 44.2 Å². The van der Waals surface area contributed by atoms with Gasteiger partial charge in [-0.3, -0.25) is 4.79 Å². The summed E-state index contributed by atoms with van der Waals surface area (Å²) in [6, 6.07) is 0. The van der Waals surface area contributed by atoms with Gasteiger partial charge in [-0.25, -0.2) is 0 Å². The Bertz CT molecular complexity index is 414. The summed E-state index contributed by atoms with van der Waals surface area (Å²) in [5.74, 6) is 0.321. The lowest BCUT2D eigenvalue weighted by Gasteiger charge is -2.02. The van der Waals surface area contributed by atoms with Crippen LogP contribution in [0.5, 0.6) is 0 Å². The number of Topliss-reactive ketones (excluding diaryl/α,β-unsaturated/α-hetero) is 1. The van der Waals surface area contributed by atoms with E-state index in [-0.39, 0.29) is 0 Å². The maximum absolute atomic E-state index is 11.8. The van der Waals surface area contributed by atoms with Gasteiger partial charge in [0.1, 0.15) is 0 Å². The summed E-state index contributed by atoms with van der Waals surface area (Å²) in [4.78, 5) is 11.8. The molecular formula is C14H19NO. The van der Waals surface area contributed by atoms with E-state index < -0.39 is 0 Å². The van der Waals surface area contributed by atoms with Crippen LogP contribution in [0.2, 0.25) is 0 Å². The standard InChI is InChI=1S/C14H19NO/c1-11(2)7-8-15-9-12-5-3-4-6-14(16)13(12)10-15/h9-10H,1,3-8H2,2H3. The van der Waals surface area contributed by atoms with Crippen LogP contribution in [0.15, 0.2) is 24.5 Å². The highest BCUT2D eigenvalue weighted by molar-refractivity contribution is 5.97. The monoisotopic (exact) mass is 217 g/mol. The third kappa shape index (κ3) is 2.43. The second kappa shape index (κ2) is 4.69. The van der Waals surface area contributed by atoms with Crippen molar-refractivity contribution in [3.05, 3.63) is 35.7 Å². The molecule has 16 heavy (non-hydrogen) atoms. The van der Waals surface area contributed by atoms with Crippen molar-refractivity contribution in [1.82, 2.24) is 4.57 Å². The molecule has 0 radical (unpaired) electrons. The quantitative estimate of drug-likeness (QED) is 0.562. The number of allylic oxidation sites excluding steroid dienone is 1. The van der Waals surface area contributed by atoms with Gasteiger partial charge in [0.05, 0.1) is 0 Å². The molecule has 86 valence electrons. The molecule has 0 spiro atoms. The highest BCUT2D eigenvalue weighted by Crippen LogP contribution is 2.21. The highest BCUT2D eigenvalue weighted by Gasteiger charge is 2.17. The Morgan fingerprint density at radius 1 is 1.38 bits per heavy atom. The molecule has 1 aliphatic rings. The molecule has 1 aromatic heterocycles. The van der Waals surface area contributed by atoms with E-state index >= 15 is 0 Å². The minimum absolute atomic E-state index is 0.321. The zero-order valence-electron chi connectivity index (χ0n) is 9.96. The summed E-state index contributed by atoms with van der Waals surface area (Å²) in [5.41, 5.74) is 3.39. The highest BCUT2D eigenvalue weighted by atomic mass is 16.1. The second-order valence-corrected chi connectivity index (χ2v) is 4.77. The zero-order valence-corrected chi connectivity index (χ0v) is 9.96. The Balaban J connectivity index is 2.15. The molecule has 0 amide bonds. The van der Waals surface area contributed by atoms with Crippen molar-refractivity contribution in [1.29, 1.82) is 0 Å². The fourth-order valence-electron chi connectivity index (χ4n) is 2.19. The molecule has 2 rings (SSSR count). The van der Waals surface area contributed by atoms with Crippen molar-refractivity contribution < 1.29 is 4.79 Å². The lowest BCUT2D eigenvalue weighted by atomic mass is 10.1. The van der Waals surface area contributed by atoms with Crippen molar-refractivity contribution in [3.8, 4) is 0 Å². The first-order valence-electron chi connectivity index (χ1n) is 6.03. The zero-order chi connectivity index (χ0) is 11.5. The first-order valence-corrected chi connectivity index (χ1v) is 6.03. The molecule has 0 unspecified atom stereocenters. The number of fused-ring (bicyclic) bond motifs is 1. The van der Waals surface area contributed by atoms with Gasteiger partial charge in [-0.1, -0.05) is 5.57 Å². The number of nitrogens with zero attached hydrogens (tertiary/aromatic N) is 1. The van der Waals surface area contributed by atoms with Crippen molar-refractivity contribution in [2.24, 2.45) is 0 Å². The molecular weight excluding hydrogens is 198 g/mol. The second-order valence-electron chi connectivity index (χ2n) is 4.77. The van der Waals surface area contributed by atoms with Gasteiger partial charge in [-0.2, -0.15) is 0 Å². The molecule has 1 aliphatic carbocycles. The van der Waals surface area contributed by atoms with Crippen LogP contribution in [0, 0.1) is 0 Å². The first kappa shape index (κ1) is 11.2. The topological polar surface area (TPSA) is 22.0 Å².